The van der Waals surface area contributed by atoms with E-state index in [2.05, 4.69) is 9.72 Å². The Bertz CT molecular complexity index is 1590. The van der Waals surface area contributed by atoms with Crippen molar-refractivity contribution in [2.45, 2.75) is 23.5 Å². The molecule has 0 N–H and O–H groups in total. The number of benzene rings is 3. The smallest absolute Gasteiger partial charge is 0.387 e. The number of aryl methyl sites for hydroxylation is 1. The van der Waals surface area contributed by atoms with Crippen LogP contribution in [0, 0.1) is 6.92 Å². The Kier molecular flexibility index (Phi) is 7.09. The third kappa shape index (κ3) is 5.44. The molecule has 0 atom stereocenters. The van der Waals surface area contributed by atoms with Gasteiger partial charge in [0.2, 0.25) is 0 Å². The number of fused-ring (bicyclic) bond motifs is 1. The van der Waals surface area contributed by atoms with Crippen molar-refractivity contribution >= 4 is 34.5 Å². The number of alkyl halides is 2. The fourth-order valence-electron chi connectivity index (χ4n) is 3.90. The second kappa shape index (κ2) is 10.8. The lowest BCUT2D eigenvalue weighted by Crippen LogP contribution is -2.03. The lowest BCUT2D eigenvalue weighted by molar-refractivity contribution is -0.0498. The number of ether oxygens (including phenoxy) is 1. The van der Waals surface area contributed by atoms with Crippen LogP contribution in [0.4, 0.5) is 8.78 Å². The molecule has 2 aromatic heterocycles. The molecule has 184 valence electrons. The maximum absolute atomic E-state index is 12.9. The van der Waals surface area contributed by atoms with Gasteiger partial charge in [0.25, 0.3) is 0 Å². The van der Waals surface area contributed by atoms with Crippen molar-refractivity contribution in [2.75, 3.05) is 0 Å². The fraction of sp³-hybridized carbons (Fsp3) is 0.0690. The van der Waals surface area contributed by atoms with E-state index in [4.69, 9.17) is 5.10 Å². The molecule has 3 aromatic carbocycles. The van der Waals surface area contributed by atoms with Crippen molar-refractivity contribution in [3.05, 3.63) is 114 Å². The molecule has 0 spiro atoms. The molecule has 5 rings (SSSR count). The number of halogens is 2. The van der Waals surface area contributed by atoms with Crippen LogP contribution in [-0.2, 0) is 0 Å². The van der Waals surface area contributed by atoms with E-state index < -0.39 is 6.61 Å². The minimum Gasteiger partial charge on any atom is -0.435 e. The third-order valence-electron chi connectivity index (χ3n) is 5.61. The molecule has 0 saturated heterocycles. The van der Waals surface area contributed by atoms with Gasteiger partial charge in [-0.3, -0.25) is 9.78 Å². The summed E-state index contributed by atoms with van der Waals surface area (Å²) in [5.41, 5.74) is 3.50. The third-order valence-corrected chi connectivity index (χ3v) is 6.75. The molecule has 0 radical (unpaired) electrons. The van der Waals surface area contributed by atoms with Crippen LogP contribution in [0.5, 0.6) is 5.75 Å². The molecule has 0 bridgehead atoms. The molecule has 5 aromatic rings. The highest BCUT2D eigenvalue weighted by Gasteiger charge is 2.18. The van der Waals surface area contributed by atoms with Crippen molar-refractivity contribution in [3.63, 3.8) is 0 Å². The summed E-state index contributed by atoms with van der Waals surface area (Å²) in [6.45, 7) is -1.08. The number of ketones is 1. The predicted molar refractivity (Wildman–Crippen MR) is 141 cm³/mol. The van der Waals surface area contributed by atoms with E-state index in [0.717, 1.165) is 37.8 Å². The number of hydrogen-bond acceptors (Lipinski definition) is 5. The Morgan fingerprint density at radius 3 is 2.59 bits per heavy atom. The Hall–Kier alpha value is -4.30. The van der Waals surface area contributed by atoms with E-state index in [0.29, 0.717) is 0 Å². The number of para-hydroxylation sites is 2. The average Bonchev–Trinajstić information content (AvgIpc) is 3.22. The van der Waals surface area contributed by atoms with Crippen LogP contribution in [0.15, 0.2) is 107 Å². The summed E-state index contributed by atoms with van der Waals surface area (Å²) < 4.78 is 31.5. The summed E-state index contributed by atoms with van der Waals surface area (Å²) in [7, 11) is 0. The predicted octanol–water partition coefficient (Wildman–Crippen LogP) is 7.38. The Balaban J connectivity index is 1.55. The topological polar surface area (TPSA) is 57.0 Å². The summed E-state index contributed by atoms with van der Waals surface area (Å²) in [4.78, 5) is 18.4. The van der Waals surface area contributed by atoms with Crippen LogP contribution in [0.2, 0.25) is 0 Å². The standard InChI is InChI=1S/C29H21F2N3O2S/c1-19-24(15-16-25(35)21-9-5-13-23(18-21)36-29(30)31)28(34(33-19)22-11-3-2-4-12-22)37-26-14-6-8-20-10-7-17-32-27(20)26/h2-18,29H,1H3/b16-15+. The second-order valence-corrected chi connectivity index (χ2v) is 9.12. The van der Waals surface area contributed by atoms with Gasteiger partial charge in [-0.25, -0.2) is 4.68 Å². The number of aromatic nitrogens is 3. The molecule has 37 heavy (non-hydrogen) atoms. The lowest BCUT2D eigenvalue weighted by Gasteiger charge is -2.10. The first kappa shape index (κ1) is 24.4. The monoisotopic (exact) mass is 513 g/mol. The summed E-state index contributed by atoms with van der Waals surface area (Å²) >= 11 is 1.51. The van der Waals surface area contributed by atoms with Crippen molar-refractivity contribution in [1.29, 1.82) is 0 Å². The Labute approximate surface area is 216 Å². The molecule has 8 heteroatoms. The summed E-state index contributed by atoms with van der Waals surface area (Å²) in [5, 5.41) is 6.61. The van der Waals surface area contributed by atoms with Gasteiger partial charge in [-0.05, 0) is 55.5 Å². The zero-order chi connectivity index (χ0) is 25.8. The summed E-state index contributed by atoms with van der Waals surface area (Å²) in [6.07, 6.45) is 4.90. The van der Waals surface area contributed by atoms with Gasteiger partial charge in [0.05, 0.1) is 16.9 Å². The molecule has 0 aliphatic heterocycles. The summed E-state index contributed by atoms with van der Waals surface area (Å²) in [6, 6.07) is 25.4. The molecule has 0 unspecified atom stereocenters. The number of carbonyl (C=O) groups is 1. The maximum atomic E-state index is 12.9. The van der Waals surface area contributed by atoms with Crippen LogP contribution in [-0.4, -0.2) is 27.2 Å². The van der Waals surface area contributed by atoms with E-state index in [1.807, 2.05) is 72.3 Å². The largest absolute Gasteiger partial charge is 0.435 e. The Morgan fingerprint density at radius 1 is 1.00 bits per heavy atom. The van der Waals surface area contributed by atoms with Crippen LogP contribution in [0.25, 0.3) is 22.7 Å². The normalized spacial score (nSPS) is 11.5. The first-order valence-corrected chi connectivity index (χ1v) is 12.2. The number of nitrogens with zero attached hydrogens (tertiary/aromatic N) is 3. The van der Waals surface area contributed by atoms with Crippen molar-refractivity contribution in [3.8, 4) is 11.4 Å². The summed E-state index contributed by atoms with van der Waals surface area (Å²) in [5.74, 6) is -0.406. The molecule has 0 fully saturated rings. The van der Waals surface area contributed by atoms with Gasteiger partial charge in [0.15, 0.2) is 5.78 Å². The van der Waals surface area contributed by atoms with Crippen LogP contribution in [0.3, 0.4) is 0 Å². The fourth-order valence-corrected chi connectivity index (χ4v) is 5.08. The van der Waals surface area contributed by atoms with Gasteiger partial charge < -0.3 is 4.74 Å². The maximum Gasteiger partial charge on any atom is 0.387 e. The molecule has 0 amide bonds. The molecule has 2 heterocycles. The van der Waals surface area contributed by atoms with Gasteiger partial charge in [-0.1, -0.05) is 60.3 Å². The number of rotatable bonds is 8. The minimum atomic E-state index is -2.96. The number of pyridine rings is 1. The first-order chi connectivity index (χ1) is 18.0. The SMILES string of the molecule is Cc1nn(-c2ccccc2)c(Sc2cccc3cccnc23)c1/C=C/C(=O)c1cccc(OC(F)F)c1. The number of allylic oxidation sites excluding steroid dienone is 1. The molecule has 5 nitrogen and oxygen atoms in total. The van der Waals surface area contributed by atoms with Crippen LogP contribution in [0.1, 0.15) is 21.6 Å². The average molecular weight is 514 g/mol. The van der Waals surface area contributed by atoms with Crippen LogP contribution >= 0.6 is 11.8 Å². The highest BCUT2D eigenvalue weighted by Crippen LogP contribution is 2.37. The van der Waals surface area contributed by atoms with E-state index in [-0.39, 0.29) is 17.1 Å². The van der Waals surface area contributed by atoms with Gasteiger partial charge in [0, 0.05) is 27.6 Å². The minimum absolute atomic E-state index is 0.0676. The lowest BCUT2D eigenvalue weighted by atomic mass is 10.1. The van der Waals surface area contributed by atoms with Gasteiger partial charge in [0.1, 0.15) is 10.8 Å². The number of hydrogen-bond donors (Lipinski definition) is 0. The molecule has 0 aliphatic carbocycles. The van der Waals surface area contributed by atoms with Crippen molar-refractivity contribution < 1.29 is 18.3 Å². The molecular weight excluding hydrogens is 492 g/mol. The van der Waals surface area contributed by atoms with Crippen molar-refractivity contribution in [1.82, 2.24) is 14.8 Å². The second-order valence-electron chi connectivity index (χ2n) is 8.09. The number of carbonyl (C=O) groups excluding carboxylic acids is 1. The quantitative estimate of drug-likeness (QED) is 0.160. The van der Waals surface area contributed by atoms with Gasteiger partial charge in [-0.15, -0.1) is 0 Å². The molecular formula is C29H21F2N3O2S. The highest BCUT2D eigenvalue weighted by molar-refractivity contribution is 7.99. The van der Waals surface area contributed by atoms with Gasteiger partial charge >= 0.3 is 6.61 Å². The Morgan fingerprint density at radius 2 is 1.78 bits per heavy atom. The van der Waals surface area contributed by atoms with E-state index in [9.17, 15) is 13.6 Å². The molecule has 0 saturated carbocycles. The zero-order valence-corrected chi connectivity index (χ0v) is 20.5. The van der Waals surface area contributed by atoms with E-state index in [1.54, 1.807) is 18.3 Å². The van der Waals surface area contributed by atoms with Crippen molar-refractivity contribution in [2.24, 2.45) is 0 Å². The van der Waals surface area contributed by atoms with Crippen LogP contribution < -0.4 is 4.74 Å². The van der Waals surface area contributed by atoms with E-state index in [1.165, 1.54) is 36.0 Å². The van der Waals surface area contributed by atoms with E-state index >= 15 is 0 Å². The first-order valence-electron chi connectivity index (χ1n) is 11.4. The molecule has 0 aliphatic rings. The van der Waals surface area contributed by atoms with Gasteiger partial charge in [-0.2, -0.15) is 13.9 Å². The zero-order valence-electron chi connectivity index (χ0n) is 19.7. The highest BCUT2D eigenvalue weighted by atomic mass is 32.2.